The van der Waals surface area contributed by atoms with E-state index in [4.69, 9.17) is 13.9 Å². The van der Waals surface area contributed by atoms with Crippen molar-refractivity contribution in [3.8, 4) is 29.0 Å². The summed E-state index contributed by atoms with van der Waals surface area (Å²) in [5.74, 6) is 0.880. The molecule has 7 heteroatoms. The Kier molecular flexibility index (Phi) is 5.38. The van der Waals surface area contributed by atoms with E-state index in [-0.39, 0.29) is 23.0 Å². The van der Waals surface area contributed by atoms with Crippen LogP contribution in [0.15, 0.2) is 53.1 Å². The van der Waals surface area contributed by atoms with Crippen LogP contribution < -0.4 is 14.8 Å². The molecule has 1 amide bonds. The molecule has 27 heavy (non-hydrogen) atoms. The van der Waals surface area contributed by atoms with Gasteiger partial charge >= 0.3 is 0 Å². The van der Waals surface area contributed by atoms with Crippen molar-refractivity contribution >= 4 is 5.91 Å². The van der Waals surface area contributed by atoms with Crippen molar-refractivity contribution < 1.29 is 18.7 Å². The van der Waals surface area contributed by atoms with Crippen LogP contribution in [0, 0.1) is 11.3 Å². The average molecular weight is 363 g/mol. The van der Waals surface area contributed by atoms with Gasteiger partial charge in [0, 0.05) is 12.1 Å². The number of amides is 1. The van der Waals surface area contributed by atoms with E-state index in [9.17, 15) is 10.1 Å². The van der Waals surface area contributed by atoms with E-state index in [0.717, 1.165) is 11.3 Å². The minimum atomic E-state index is -0.388. The molecule has 0 atom stereocenters. The molecule has 0 radical (unpaired) electrons. The van der Waals surface area contributed by atoms with E-state index >= 15 is 0 Å². The first-order valence-electron chi connectivity index (χ1n) is 8.10. The number of rotatable bonds is 6. The van der Waals surface area contributed by atoms with Crippen LogP contribution in [0.1, 0.15) is 21.6 Å². The molecule has 0 unspecified atom stereocenters. The lowest BCUT2D eigenvalue weighted by Crippen LogP contribution is -2.24. The highest BCUT2D eigenvalue weighted by Gasteiger charge is 2.19. The van der Waals surface area contributed by atoms with Crippen molar-refractivity contribution in [2.24, 2.45) is 0 Å². The molecule has 0 bridgehead atoms. The molecule has 0 fully saturated rings. The standard InChI is InChI=1S/C20H17N3O4/c1-25-14-7-5-13(6-8-14)12-22-19(24)17-10-15(18-4-3-9-27-18)16(11-21)20(23-17)26-2/h3-10H,12H2,1-2H3,(H,22,24). The van der Waals surface area contributed by atoms with Crippen molar-refractivity contribution in [3.63, 3.8) is 0 Å². The molecule has 3 aromatic rings. The SMILES string of the molecule is COc1ccc(CNC(=O)c2cc(-c3ccco3)c(C#N)c(OC)n2)cc1. The summed E-state index contributed by atoms with van der Waals surface area (Å²) in [6, 6.07) is 14.3. The first-order chi connectivity index (χ1) is 13.2. The van der Waals surface area contributed by atoms with Gasteiger partial charge in [0.15, 0.2) is 0 Å². The number of aromatic nitrogens is 1. The van der Waals surface area contributed by atoms with Gasteiger partial charge in [0.05, 0.1) is 20.5 Å². The lowest BCUT2D eigenvalue weighted by Gasteiger charge is -2.10. The molecular formula is C20H17N3O4. The number of hydrogen-bond donors (Lipinski definition) is 1. The molecule has 7 nitrogen and oxygen atoms in total. The maximum absolute atomic E-state index is 12.6. The van der Waals surface area contributed by atoms with Crippen molar-refractivity contribution in [3.05, 3.63) is 65.5 Å². The predicted molar refractivity (Wildman–Crippen MR) is 97.4 cm³/mol. The number of nitrogens with zero attached hydrogens (tertiary/aromatic N) is 2. The molecular weight excluding hydrogens is 346 g/mol. The summed E-state index contributed by atoms with van der Waals surface area (Å²) in [6.45, 7) is 0.322. The molecule has 136 valence electrons. The van der Waals surface area contributed by atoms with Gasteiger partial charge in [0.25, 0.3) is 5.91 Å². The second kappa shape index (κ2) is 8.06. The number of carbonyl (C=O) groups is 1. The van der Waals surface area contributed by atoms with Crippen molar-refractivity contribution in [1.82, 2.24) is 10.3 Å². The number of methoxy groups -OCH3 is 2. The Morgan fingerprint density at radius 3 is 2.59 bits per heavy atom. The molecule has 2 heterocycles. The van der Waals surface area contributed by atoms with E-state index in [2.05, 4.69) is 10.3 Å². The van der Waals surface area contributed by atoms with Gasteiger partial charge in [-0.2, -0.15) is 5.26 Å². The average Bonchev–Trinajstić information content (AvgIpc) is 3.26. The maximum Gasteiger partial charge on any atom is 0.270 e. The van der Waals surface area contributed by atoms with Gasteiger partial charge in [0.1, 0.15) is 28.8 Å². The number of benzene rings is 1. The maximum atomic E-state index is 12.6. The fourth-order valence-electron chi connectivity index (χ4n) is 2.54. The molecule has 0 saturated heterocycles. The quantitative estimate of drug-likeness (QED) is 0.722. The summed E-state index contributed by atoms with van der Waals surface area (Å²) in [4.78, 5) is 16.7. The Morgan fingerprint density at radius 2 is 2.00 bits per heavy atom. The van der Waals surface area contributed by atoms with E-state index in [1.165, 1.54) is 19.4 Å². The smallest absolute Gasteiger partial charge is 0.270 e. The number of hydrogen-bond acceptors (Lipinski definition) is 6. The highest BCUT2D eigenvalue weighted by atomic mass is 16.5. The lowest BCUT2D eigenvalue weighted by molar-refractivity contribution is 0.0945. The predicted octanol–water partition coefficient (Wildman–Crippen LogP) is 3.16. The Bertz CT molecular complexity index is 974. The van der Waals surface area contributed by atoms with Gasteiger partial charge in [-0.25, -0.2) is 4.98 Å². The second-order valence-electron chi connectivity index (χ2n) is 5.56. The van der Waals surface area contributed by atoms with Gasteiger partial charge < -0.3 is 19.2 Å². The Balaban J connectivity index is 1.85. The number of nitriles is 1. The van der Waals surface area contributed by atoms with Crippen LogP contribution in [0.4, 0.5) is 0 Å². The first kappa shape index (κ1) is 18.0. The topological polar surface area (TPSA) is 97.4 Å². The number of furan rings is 1. The highest BCUT2D eigenvalue weighted by Crippen LogP contribution is 2.30. The Labute approximate surface area is 156 Å². The van der Waals surface area contributed by atoms with Crippen LogP contribution in [0.2, 0.25) is 0 Å². The molecule has 1 aromatic carbocycles. The summed E-state index contributed by atoms with van der Waals surface area (Å²) in [7, 11) is 2.99. The summed E-state index contributed by atoms with van der Waals surface area (Å²) in [5.41, 5.74) is 1.70. The van der Waals surface area contributed by atoms with Crippen LogP contribution >= 0.6 is 0 Å². The molecule has 0 aliphatic heterocycles. The van der Waals surface area contributed by atoms with Crippen LogP contribution in [-0.2, 0) is 6.54 Å². The summed E-state index contributed by atoms with van der Waals surface area (Å²) in [5, 5.41) is 12.2. The minimum Gasteiger partial charge on any atom is -0.497 e. The summed E-state index contributed by atoms with van der Waals surface area (Å²) in [6.07, 6.45) is 1.49. The normalized spacial score (nSPS) is 10.1. The third-order valence-electron chi connectivity index (χ3n) is 3.92. The van der Waals surface area contributed by atoms with E-state index in [1.807, 2.05) is 30.3 Å². The van der Waals surface area contributed by atoms with Crippen molar-refractivity contribution in [1.29, 1.82) is 5.26 Å². The van der Waals surface area contributed by atoms with Crippen molar-refractivity contribution in [2.75, 3.05) is 14.2 Å². The Morgan fingerprint density at radius 1 is 1.22 bits per heavy atom. The number of pyridine rings is 1. The van der Waals surface area contributed by atoms with Gasteiger partial charge in [-0.15, -0.1) is 0 Å². The molecule has 0 spiro atoms. The zero-order valence-corrected chi connectivity index (χ0v) is 14.9. The van der Waals surface area contributed by atoms with Crippen LogP contribution in [0.3, 0.4) is 0 Å². The minimum absolute atomic E-state index is 0.0704. The molecule has 1 N–H and O–H groups in total. The summed E-state index contributed by atoms with van der Waals surface area (Å²) < 4.78 is 15.7. The second-order valence-corrected chi connectivity index (χ2v) is 5.56. The van der Waals surface area contributed by atoms with E-state index in [0.29, 0.717) is 17.9 Å². The molecule has 0 aliphatic carbocycles. The van der Waals surface area contributed by atoms with E-state index < -0.39 is 0 Å². The van der Waals surface area contributed by atoms with Crippen LogP contribution in [0.25, 0.3) is 11.3 Å². The number of ether oxygens (including phenoxy) is 2. The molecule has 3 rings (SSSR count). The monoisotopic (exact) mass is 363 g/mol. The first-order valence-corrected chi connectivity index (χ1v) is 8.10. The fourth-order valence-corrected chi connectivity index (χ4v) is 2.54. The summed E-state index contributed by atoms with van der Waals surface area (Å²) >= 11 is 0. The third-order valence-corrected chi connectivity index (χ3v) is 3.92. The largest absolute Gasteiger partial charge is 0.497 e. The van der Waals surface area contributed by atoms with Crippen LogP contribution in [0.5, 0.6) is 11.6 Å². The van der Waals surface area contributed by atoms with Crippen molar-refractivity contribution in [2.45, 2.75) is 6.54 Å². The fraction of sp³-hybridized carbons (Fsp3) is 0.150. The molecule has 0 saturated carbocycles. The van der Waals surface area contributed by atoms with Crippen LogP contribution in [-0.4, -0.2) is 25.1 Å². The molecule has 2 aromatic heterocycles. The zero-order chi connectivity index (χ0) is 19.2. The van der Waals surface area contributed by atoms with Gasteiger partial charge in [0.2, 0.25) is 5.88 Å². The van der Waals surface area contributed by atoms with E-state index in [1.54, 1.807) is 19.2 Å². The Hall–Kier alpha value is -3.79. The van der Waals surface area contributed by atoms with Gasteiger partial charge in [-0.1, -0.05) is 12.1 Å². The number of carbonyl (C=O) groups excluding carboxylic acids is 1. The highest BCUT2D eigenvalue weighted by molar-refractivity contribution is 5.94. The zero-order valence-electron chi connectivity index (χ0n) is 14.9. The molecule has 0 aliphatic rings. The third kappa shape index (κ3) is 3.90. The van der Waals surface area contributed by atoms with Gasteiger partial charge in [-0.3, -0.25) is 4.79 Å². The van der Waals surface area contributed by atoms with Gasteiger partial charge in [-0.05, 0) is 35.9 Å². The lowest BCUT2D eigenvalue weighted by atomic mass is 10.1. The number of nitrogens with one attached hydrogen (secondary N) is 1.